The van der Waals surface area contributed by atoms with Gasteiger partial charge in [-0.15, -0.1) is 0 Å². The van der Waals surface area contributed by atoms with Crippen LogP contribution in [-0.2, 0) is 4.79 Å². The molecule has 3 nitrogen and oxygen atoms in total. The van der Waals surface area contributed by atoms with Crippen molar-refractivity contribution in [3.63, 3.8) is 0 Å². The summed E-state index contributed by atoms with van der Waals surface area (Å²) in [5.74, 6) is 0.0226. The van der Waals surface area contributed by atoms with Gasteiger partial charge in [0.05, 0.1) is 6.07 Å². The predicted octanol–water partition coefficient (Wildman–Crippen LogP) is 2.60. The van der Waals surface area contributed by atoms with E-state index in [9.17, 15) is 4.79 Å². The first-order valence-corrected chi connectivity index (χ1v) is 6.53. The van der Waals surface area contributed by atoms with Gasteiger partial charge in [0, 0.05) is 6.54 Å². The molecule has 1 N–H and O–H groups in total. The van der Waals surface area contributed by atoms with Gasteiger partial charge in [0.2, 0.25) is 5.91 Å². The molecule has 1 aromatic rings. The molecular formula is C15H18N2O. The maximum atomic E-state index is 11.9. The van der Waals surface area contributed by atoms with Gasteiger partial charge in [-0.25, -0.2) is 0 Å². The van der Waals surface area contributed by atoms with E-state index in [1.807, 2.05) is 30.3 Å². The molecule has 1 amide bonds. The highest BCUT2D eigenvalue weighted by molar-refractivity contribution is 5.86. The quantitative estimate of drug-likeness (QED) is 0.779. The van der Waals surface area contributed by atoms with Gasteiger partial charge in [-0.2, -0.15) is 5.26 Å². The molecule has 1 aliphatic rings. The SMILES string of the molecule is N#CC(C(=O)NCCCC1CC1)c1ccccc1. The highest BCUT2D eigenvalue weighted by atomic mass is 16.1. The third-order valence-electron chi connectivity index (χ3n) is 3.31. The summed E-state index contributed by atoms with van der Waals surface area (Å²) < 4.78 is 0. The Morgan fingerprint density at radius 1 is 1.39 bits per heavy atom. The summed E-state index contributed by atoms with van der Waals surface area (Å²) in [6, 6.07) is 11.3. The van der Waals surface area contributed by atoms with Crippen LogP contribution < -0.4 is 5.32 Å². The molecule has 0 heterocycles. The van der Waals surface area contributed by atoms with Crippen molar-refractivity contribution in [3.8, 4) is 6.07 Å². The van der Waals surface area contributed by atoms with Crippen LogP contribution >= 0.6 is 0 Å². The summed E-state index contributed by atoms with van der Waals surface area (Å²) in [5.41, 5.74) is 0.764. The summed E-state index contributed by atoms with van der Waals surface area (Å²) in [4.78, 5) is 11.9. The molecule has 0 saturated heterocycles. The molecule has 3 heteroatoms. The van der Waals surface area contributed by atoms with Crippen molar-refractivity contribution in [1.82, 2.24) is 5.32 Å². The Kier molecular flexibility index (Phi) is 4.35. The van der Waals surface area contributed by atoms with Crippen molar-refractivity contribution in [2.75, 3.05) is 6.54 Å². The van der Waals surface area contributed by atoms with Crippen LogP contribution in [0.5, 0.6) is 0 Å². The molecule has 0 aliphatic heterocycles. The Hall–Kier alpha value is -1.82. The topological polar surface area (TPSA) is 52.9 Å². The van der Waals surface area contributed by atoms with Crippen LogP contribution in [0.1, 0.15) is 37.2 Å². The zero-order valence-corrected chi connectivity index (χ0v) is 10.4. The fourth-order valence-electron chi connectivity index (χ4n) is 2.04. The summed E-state index contributed by atoms with van der Waals surface area (Å²) >= 11 is 0. The van der Waals surface area contributed by atoms with E-state index in [4.69, 9.17) is 5.26 Å². The zero-order chi connectivity index (χ0) is 12.8. The summed E-state index contributed by atoms with van der Waals surface area (Å²) in [6.45, 7) is 0.681. The Balaban J connectivity index is 1.80. The fourth-order valence-corrected chi connectivity index (χ4v) is 2.04. The van der Waals surface area contributed by atoms with Crippen molar-refractivity contribution in [2.45, 2.75) is 31.6 Å². The first-order chi connectivity index (χ1) is 8.81. The largest absolute Gasteiger partial charge is 0.355 e. The van der Waals surface area contributed by atoms with Gasteiger partial charge < -0.3 is 5.32 Å². The Morgan fingerprint density at radius 2 is 2.11 bits per heavy atom. The fraction of sp³-hybridized carbons (Fsp3) is 0.467. The third-order valence-corrected chi connectivity index (χ3v) is 3.31. The molecule has 0 aromatic heterocycles. The van der Waals surface area contributed by atoms with E-state index in [2.05, 4.69) is 11.4 Å². The minimum absolute atomic E-state index is 0.181. The lowest BCUT2D eigenvalue weighted by atomic mass is 10.00. The molecule has 1 atom stereocenters. The molecule has 1 aliphatic carbocycles. The maximum Gasteiger partial charge on any atom is 0.241 e. The zero-order valence-electron chi connectivity index (χ0n) is 10.4. The van der Waals surface area contributed by atoms with Crippen LogP contribution in [0.15, 0.2) is 30.3 Å². The summed E-state index contributed by atoms with van der Waals surface area (Å²) in [6.07, 6.45) is 4.91. The average Bonchev–Trinajstić information content (AvgIpc) is 3.21. The lowest BCUT2D eigenvalue weighted by molar-refractivity contribution is -0.121. The molecule has 2 rings (SSSR count). The van der Waals surface area contributed by atoms with Gasteiger partial charge in [0.1, 0.15) is 5.92 Å². The molecule has 18 heavy (non-hydrogen) atoms. The van der Waals surface area contributed by atoms with Gasteiger partial charge >= 0.3 is 0 Å². The number of nitrogens with zero attached hydrogens (tertiary/aromatic N) is 1. The number of carbonyl (C=O) groups is 1. The van der Waals surface area contributed by atoms with Crippen LogP contribution in [0.2, 0.25) is 0 Å². The number of amides is 1. The van der Waals surface area contributed by atoms with Crippen LogP contribution in [0.4, 0.5) is 0 Å². The van der Waals surface area contributed by atoms with Crippen molar-refractivity contribution >= 4 is 5.91 Å². The van der Waals surface area contributed by atoms with Crippen molar-refractivity contribution in [3.05, 3.63) is 35.9 Å². The Labute approximate surface area is 108 Å². The van der Waals surface area contributed by atoms with E-state index in [-0.39, 0.29) is 5.91 Å². The minimum Gasteiger partial charge on any atom is -0.355 e. The molecular weight excluding hydrogens is 224 g/mol. The Bertz CT molecular complexity index is 432. The summed E-state index contributed by atoms with van der Waals surface area (Å²) in [5, 5.41) is 11.9. The Morgan fingerprint density at radius 3 is 2.72 bits per heavy atom. The first-order valence-electron chi connectivity index (χ1n) is 6.53. The van der Waals surface area contributed by atoms with Crippen LogP contribution in [-0.4, -0.2) is 12.5 Å². The average molecular weight is 242 g/mol. The van der Waals surface area contributed by atoms with E-state index in [0.29, 0.717) is 6.54 Å². The normalized spacial score (nSPS) is 15.7. The third kappa shape index (κ3) is 3.59. The molecule has 1 fully saturated rings. The van der Waals surface area contributed by atoms with Crippen molar-refractivity contribution in [1.29, 1.82) is 5.26 Å². The number of hydrogen-bond acceptors (Lipinski definition) is 2. The smallest absolute Gasteiger partial charge is 0.241 e. The lowest BCUT2D eigenvalue weighted by Crippen LogP contribution is -2.29. The van der Waals surface area contributed by atoms with Gasteiger partial charge in [-0.1, -0.05) is 43.2 Å². The number of nitriles is 1. The van der Waals surface area contributed by atoms with E-state index >= 15 is 0 Å². The maximum absolute atomic E-state index is 11.9. The van der Waals surface area contributed by atoms with E-state index in [0.717, 1.165) is 17.9 Å². The minimum atomic E-state index is -0.688. The second-order valence-electron chi connectivity index (χ2n) is 4.85. The highest BCUT2D eigenvalue weighted by Crippen LogP contribution is 2.33. The van der Waals surface area contributed by atoms with Gasteiger partial charge in [0.15, 0.2) is 0 Å². The summed E-state index contributed by atoms with van der Waals surface area (Å²) in [7, 11) is 0. The molecule has 0 bridgehead atoms. The lowest BCUT2D eigenvalue weighted by Gasteiger charge is -2.10. The number of hydrogen-bond donors (Lipinski definition) is 1. The van der Waals surface area contributed by atoms with E-state index in [1.54, 1.807) is 0 Å². The van der Waals surface area contributed by atoms with Gasteiger partial charge in [-0.3, -0.25) is 4.79 Å². The van der Waals surface area contributed by atoms with Crippen LogP contribution in [0.3, 0.4) is 0 Å². The first kappa shape index (κ1) is 12.6. The second-order valence-corrected chi connectivity index (χ2v) is 4.85. The van der Waals surface area contributed by atoms with E-state index in [1.165, 1.54) is 19.3 Å². The number of nitrogens with one attached hydrogen (secondary N) is 1. The van der Waals surface area contributed by atoms with Gasteiger partial charge in [-0.05, 0) is 24.3 Å². The second kappa shape index (κ2) is 6.20. The molecule has 1 unspecified atom stereocenters. The number of benzene rings is 1. The molecule has 94 valence electrons. The monoisotopic (exact) mass is 242 g/mol. The van der Waals surface area contributed by atoms with Crippen molar-refractivity contribution in [2.24, 2.45) is 5.92 Å². The van der Waals surface area contributed by atoms with Gasteiger partial charge in [0.25, 0.3) is 0 Å². The number of carbonyl (C=O) groups excluding carboxylic acids is 1. The van der Waals surface area contributed by atoms with E-state index < -0.39 is 5.92 Å². The van der Waals surface area contributed by atoms with Crippen LogP contribution in [0.25, 0.3) is 0 Å². The number of rotatable bonds is 6. The molecule has 1 saturated carbocycles. The predicted molar refractivity (Wildman–Crippen MR) is 69.8 cm³/mol. The van der Waals surface area contributed by atoms with Crippen LogP contribution in [0, 0.1) is 17.2 Å². The molecule has 0 radical (unpaired) electrons. The standard InChI is InChI=1S/C15H18N2O/c16-11-14(13-6-2-1-3-7-13)15(18)17-10-4-5-12-8-9-12/h1-3,6-7,12,14H,4-5,8-10H2,(H,17,18). The molecule has 1 aromatic carbocycles. The highest BCUT2D eigenvalue weighted by Gasteiger charge is 2.21. The van der Waals surface area contributed by atoms with Crippen molar-refractivity contribution < 1.29 is 4.79 Å². The molecule has 0 spiro atoms.